The van der Waals surface area contributed by atoms with Gasteiger partial charge in [-0.15, -0.1) is 0 Å². The summed E-state index contributed by atoms with van der Waals surface area (Å²) in [6, 6.07) is 18.2. The third-order valence-electron chi connectivity index (χ3n) is 6.73. The summed E-state index contributed by atoms with van der Waals surface area (Å²) in [5.41, 5.74) is 5.50. The number of benzene rings is 2. The third-order valence-corrected chi connectivity index (χ3v) is 6.73. The van der Waals surface area contributed by atoms with Gasteiger partial charge in [-0.3, -0.25) is 0 Å². The third kappa shape index (κ3) is 4.29. The average Bonchev–Trinajstić information content (AvgIpc) is 2.71. The van der Waals surface area contributed by atoms with E-state index < -0.39 is 0 Å². The van der Waals surface area contributed by atoms with Crippen molar-refractivity contribution >= 4 is 0 Å². The van der Waals surface area contributed by atoms with Crippen LogP contribution in [0.2, 0.25) is 0 Å². The molecule has 0 nitrogen and oxygen atoms in total. The lowest BCUT2D eigenvalue weighted by Crippen LogP contribution is -2.23. The van der Waals surface area contributed by atoms with Crippen molar-refractivity contribution < 1.29 is 0 Å². The van der Waals surface area contributed by atoms with Gasteiger partial charge in [0.2, 0.25) is 0 Å². The van der Waals surface area contributed by atoms with E-state index in [1.54, 1.807) is 0 Å². The molecule has 0 radical (unpaired) electrons. The van der Waals surface area contributed by atoms with Gasteiger partial charge in [0, 0.05) is 0 Å². The Morgan fingerprint density at radius 3 is 1.96 bits per heavy atom. The molecule has 4 rings (SSSR count). The highest BCUT2D eigenvalue weighted by molar-refractivity contribution is 5.63. The minimum atomic E-state index is 0.899. The van der Waals surface area contributed by atoms with E-state index in [0.717, 1.165) is 17.8 Å². The van der Waals surface area contributed by atoms with Gasteiger partial charge < -0.3 is 0 Å². The normalized spacial score (nSPS) is 26.0. The van der Waals surface area contributed by atoms with E-state index in [9.17, 15) is 0 Å². The molecular formula is C26H32. The zero-order chi connectivity index (χ0) is 17.8. The molecule has 2 aromatic rings. The van der Waals surface area contributed by atoms with Crippen LogP contribution < -0.4 is 0 Å². The number of allylic oxidation sites excluding steroid dienone is 2. The largest absolute Gasteiger partial charge is 0.0885 e. The number of aryl methyl sites for hydroxylation is 1. The van der Waals surface area contributed by atoms with Gasteiger partial charge in [0.25, 0.3) is 0 Å². The van der Waals surface area contributed by atoms with Crippen molar-refractivity contribution in [2.24, 2.45) is 17.8 Å². The number of hydrogen-bond donors (Lipinski definition) is 0. The first-order valence-electron chi connectivity index (χ1n) is 10.6. The summed E-state index contributed by atoms with van der Waals surface area (Å²) in [6.07, 6.45) is 16.0. The summed E-state index contributed by atoms with van der Waals surface area (Å²) in [6.45, 7) is 2.15. The zero-order valence-corrected chi connectivity index (χ0v) is 16.2. The van der Waals surface area contributed by atoms with E-state index in [-0.39, 0.29) is 0 Å². The fourth-order valence-electron chi connectivity index (χ4n) is 5.02. The van der Waals surface area contributed by atoms with Crippen molar-refractivity contribution in [3.05, 3.63) is 71.8 Å². The van der Waals surface area contributed by atoms with Crippen LogP contribution in [0.4, 0.5) is 0 Å². The summed E-state index contributed by atoms with van der Waals surface area (Å²) in [4.78, 5) is 0. The fourth-order valence-corrected chi connectivity index (χ4v) is 5.02. The van der Waals surface area contributed by atoms with Gasteiger partial charge in [0.1, 0.15) is 0 Å². The first-order chi connectivity index (χ1) is 12.8. The lowest BCUT2D eigenvalue weighted by atomic mass is 9.71. The summed E-state index contributed by atoms with van der Waals surface area (Å²) in [5, 5.41) is 0. The lowest BCUT2D eigenvalue weighted by Gasteiger charge is -2.34. The van der Waals surface area contributed by atoms with Crippen LogP contribution in [-0.2, 0) is 6.42 Å². The van der Waals surface area contributed by atoms with Crippen LogP contribution in [0.1, 0.15) is 56.1 Å². The maximum Gasteiger partial charge on any atom is -0.0184 e. The van der Waals surface area contributed by atoms with Gasteiger partial charge in [0.05, 0.1) is 0 Å². The predicted molar refractivity (Wildman–Crippen MR) is 112 cm³/mol. The van der Waals surface area contributed by atoms with E-state index in [1.807, 2.05) is 0 Å². The standard InChI is InChI=1S/C26H32/c1-20-7-13-24(14-8-20)26-17-11-22(12-18-26)19-21-9-15-25(16-10-21)23-5-3-2-4-6-23/h2-3,7-8,11-14,17-18,21,23,25H,4-6,9-10,15-16,19H2,1H3. The van der Waals surface area contributed by atoms with Crippen molar-refractivity contribution in [2.45, 2.75) is 58.3 Å². The van der Waals surface area contributed by atoms with Crippen LogP contribution in [0.5, 0.6) is 0 Å². The van der Waals surface area contributed by atoms with E-state index in [0.29, 0.717) is 0 Å². The van der Waals surface area contributed by atoms with Gasteiger partial charge in [-0.2, -0.15) is 0 Å². The van der Waals surface area contributed by atoms with Crippen molar-refractivity contribution in [3.63, 3.8) is 0 Å². The molecule has 0 N–H and O–H groups in total. The molecule has 0 amide bonds. The Balaban J connectivity index is 1.31. The molecule has 136 valence electrons. The van der Waals surface area contributed by atoms with Crippen LogP contribution in [0, 0.1) is 24.7 Å². The van der Waals surface area contributed by atoms with E-state index >= 15 is 0 Å². The SMILES string of the molecule is Cc1ccc(-c2ccc(CC3CCC(C4CC=CCC4)CC3)cc2)cc1. The van der Waals surface area contributed by atoms with Crippen molar-refractivity contribution in [1.29, 1.82) is 0 Å². The fraction of sp³-hybridized carbons (Fsp3) is 0.462. The molecule has 0 bridgehead atoms. The van der Waals surface area contributed by atoms with Crippen molar-refractivity contribution in [1.82, 2.24) is 0 Å². The topological polar surface area (TPSA) is 0 Å². The molecule has 1 unspecified atom stereocenters. The molecule has 0 heterocycles. The number of rotatable bonds is 4. The highest BCUT2D eigenvalue weighted by atomic mass is 14.3. The molecule has 0 spiro atoms. The predicted octanol–water partition coefficient (Wildman–Crippen LogP) is 7.37. The molecule has 0 heteroatoms. The minimum Gasteiger partial charge on any atom is -0.0885 e. The molecule has 26 heavy (non-hydrogen) atoms. The molecule has 1 atom stereocenters. The molecule has 1 saturated carbocycles. The van der Waals surface area contributed by atoms with E-state index in [2.05, 4.69) is 67.6 Å². The Morgan fingerprint density at radius 2 is 1.35 bits per heavy atom. The van der Waals surface area contributed by atoms with Gasteiger partial charge >= 0.3 is 0 Å². The average molecular weight is 345 g/mol. The summed E-state index contributed by atoms with van der Waals surface area (Å²) < 4.78 is 0. The molecule has 0 saturated heterocycles. The summed E-state index contributed by atoms with van der Waals surface area (Å²) in [7, 11) is 0. The second kappa shape index (κ2) is 8.25. The molecule has 2 aliphatic rings. The van der Waals surface area contributed by atoms with Crippen molar-refractivity contribution in [3.8, 4) is 11.1 Å². The second-order valence-electron chi connectivity index (χ2n) is 8.59. The van der Waals surface area contributed by atoms with Crippen LogP contribution in [0.15, 0.2) is 60.7 Å². The quantitative estimate of drug-likeness (QED) is 0.508. The monoisotopic (exact) mass is 344 g/mol. The Kier molecular flexibility index (Phi) is 5.58. The van der Waals surface area contributed by atoms with Gasteiger partial charge in [-0.25, -0.2) is 0 Å². The van der Waals surface area contributed by atoms with Gasteiger partial charge in [0.15, 0.2) is 0 Å². The highest BCUT2D eigenvalue weighted by Gasteiger charge is 2.27. The van der Waals surface area contributed by atoms with Crippen LogP contribution in [0.3, 0.4) is 0 Å². The molecular weight excluding hydrogens is 312 g/mol. The molecule has 2 aromatic carbocycles. The Morgan fingerprint density at radius 1 is 0.692 bits per heavy atom. The molecule has 2 aliphatic carbocycles. The van der Waals surface area contributed by atoms with Crippen molar-refractivity contribution in [2.75, 3.05) is 0 Å². The van der Waals surface area contributed by atoms with Crippen LogP contribution in [-0.4, -0.2) is 0 Å². The summed E-state index contributed by atoms with van der Waals surface area (Å²) >= 11 is 0. The second-order valence-corrected chi connectivity index (χ2v) is 8.59. The molecule has 1 fully saturated rings. The Bertz CT molecular complexity index is 712. The Hall–Kier alpha value is -1.82. The smallest absolute Gasteiger partial charge is 0.0184 e. The maximum atomic E-state index is 2.43. The number of hydrogen-bond acceptors (Lipinski definition) is 0. The van der Waals surface area contributed by atoms with Crippen LogP contribution >= 0.6 is 0 Å². The maximum absolute atomic E-state index is 2.43. The first-order valence-corrected chi connectivity index (χ1v) is 10.6. The lowest BCUT2D eigenvalue weighted by molar-refractivity contribution is 0.193. The highest BCUT2D eigenvalue weighted by Crippen LogP contribution is 2.39. The van der Waals surface area contributed by atoms with E-state index in [1.165, 1.54) is 73.6 Å². The zero-order valence-electron chi connectivity index (χ0n) is 16.2. The minimum absolute atomic E-state index is 0.899. The summed E-state index contributed by atoms with van der Waals surface area (Å²) in [5.74, 6) is 2.88. The van der Waals surface area contributed by atoms with Crippen LogP contribution in [0.25, 0.3) is 11.1 Å². The van der Waals surface area contributed by atoms with Gasteiger partial charge in [-0.05, 0) is 92.7 Å². The Labute approximate surface area is 159 Å². The van der Waals surface area contributed by atoms with Gasteiger partial charge in [-0.1, -0.05) is 66.2 Å². The molecule has 0 aliphatic heterocycles. The first kappa shape index (κ1) is 17.6. The van der Waals surface area contributed by atoms with E-state index in [4.69, 9.17) is 0 Å². The molecule has 0 aromatic heterocycles.